The van der Waals surface area contributed by atoms with Crippen LogP contribution in [0.25, 0.3) is 0 Å². The molecule has 15 heavy (non-hydrogen) atoms. The van der Waals surface area contributed by atoms with Gasteiger partial charge in [0.1, 0.15) is 0 Å². The van der Waals surface area contributed by atoms with Gasteiger partial charge in [-0.05, 0) is 36.2 Å². The number of nitrogens with two attached hydrogens (primary N) is 1. The Morgan fingerprint density at radius 2 is 2.27 bits per heavy atom. The monoisotopic (exact) mass is 221 g/mol. The maximum Gasteiger partial charge on any atom is 0.0670 e. The Bertz CT molecular complexity index is 443. The standard InChI is InChI=1S/C11H15N3S/c1-8-11(5-12)9(2)14(13-8)6-10-3-4-15-7-10/h3-4,7H,5-6,12H2,1-2H3. The van der Waals surface area contributed by atoms with Crippen LogP contribution in [0, 0.1) is 13.8 Å². The summed E-state index contributed by atoms with van der Waals surface area (Å²) in [6.07, 6.45) is 0. The zero-order valence-corrected chi connectivity index (χ0v) is 9.84. The second-order valence-corrected chi connectivity index (χ2v) is 4.42. The summed E-state index contributed by atoms with van der Waals surface area (Å²) < 4.78 is 2.03. The fourth-order valence-corrected chi connectivity index (χ4v) is 2.40. The van der Waals surface area contributed by atoms with Crippen LogP contribution in [0.15, 0.2) is 16.8 Å². The van der Waals surface area contributed by atoms with Crippen LogP contribution in [0.4, 0.5) is 0 Å². The number of thiophene rings is 1. The van der Waals surface area contributed by atoms with Crippen molar-refractivity contribution in [1.82, 2.24) is 9.78 Å². The summed E-state index contributed by atoms with van der Waals surface area (Å²) in [5.74, 6) is 0. The highest BCUT2D eigenvalue weighted by Gasteiger charge is 2.09. The molecule has 0 atom stereocenters. The molecule has 2 N–H and O–H groups in total. The van der Waals surface area contributed by atoms with Gasteiger partial charge in [-0.15, -0.1) is 0 Å². The summed E-state index contributed by atoms with van der Waals surface area (Å²) >= 11 is 1.72. The first-order valence-corrected chi connectivity index (χ1v) is 5.90. The molecule has 2 aromatic rings. The molecule has 3 nitrogen and oxygen atoms in total. The molecule has 0 aromatic carbocycles. The van der Waals surface area contributed by atoms with E-state index in [2.05, 4.69) is 28.8 Å². The normalized spacial score (nSPS) is 10.9. The van der Waals surface area contributed by atoms with Crippen molar-refractivity contribution in [2.75, 3.05) is 0 Å². The lowest BCUT2D eigenvalue weighted by Crippen LogP contribution is -2.04. The van der Waals surface area contributed by atoms with E-state index in [-0.39, 0.29) is 0 Å². The molecule has 0 spiro atoms. The summed E-state index contributed by atoms with van der Waals surface area (Å²) in [6.45, 7) is 5.51. The molecule has 0 aliphatic carbocycles. The number of aromatic nitrogens is 2. The van der Waals surface area contributed by atoms with Crippen molar-refractivity contribution in [3.05, 3.63) is 39.3 Å². The number of hydrogen-bond acceptors (Lipinski definition) is 3. The van der Waals surface area contributed by atoms with Crippen molar-refractivity contribution in [2.45, 2.75) is 26.9 Å². The van der Waals surface area contributed by atoms with Crippen LogP contribution in [0.2, 0.25) is 0 Å². The van der Waals surface area contributed by atoms with Gasteiger partial charge in [-0.2, -0.15) is 16.4 Å². The minimum Gasteiger partial charge on any atom is -0.326 e. The number of rotatable bonds is 3. The Balaban J connectivity index is 2.29. The molecule has 2 rings (SSSR count). The number of aryl methyl sites for hydroxylation is 1. The van der Waals surface area contributed by atoms with Crippen molar-refractivity contribution in [2.24, 2.45) is 5.73 Å². The minimum absolute atomic E-state index is 0.571. The molecule has 0 saturated heterocycles. The summed E-state index contributed by atoms with van der Waals surface area (Å²) in [7, 11) is 0. The zero-order chi connectivity index (χ0) is 10.8. The Morgan fingerprint density at radius 3 is 2.80 bits per heavy atom. The predicted octanol–water partition coefficient (Wildman–Crippen LogP) is 2.07. The van der Waals surface area contributed by atoms with Crippen molar-refractivity contribution in [1.29, 1.82) is 0 Å². The molecule has 0 amide bonds. The maximum absolute atomic E-state index is 5.69. The molecule has 0 fully saturated rings. The van der Waals surface area contributed by atoms with Gasteiger partial charge in [0.15, 0.2) is 0 Å². The highest BCUT2D eigenvalue weighted by Crippen LogP contribution is 2.15. The van der Waals surface area contributed by atoms with Crippen LogP contribution >= 0.6 is 11.3 Å². The van der Waals surface area contributed by atoms with Crippen molar-refractivity contribution < 1.29 is 0 Å². The van der Waals surface area contributed by atoms with Gasteiger partial charge >= 0.3 is 0 Å². The van der Waals surface area contributed by atoms with Gasteiger partial charge < -0.3 is 5.73 Å². The topological polar surface area (TPSA) is 43.8 Å². The number of nitrogens with zero attached hydrogens (tertiary/aromatic N) is 2. The molecule has 0 aliphatic heterocycles. The zero-order valence-electron chi connectivity index (χ0n) is 9.03. The van der Waals surface area contributed by atoms with E-state index in [1.54, 1.807) is 11.3 Å². The number of hydrogen-bond donors (Lipinski definition) is 1. The summed E-state index contributed by atoms with van der Waals surface area (Å²) in [4.78, 5) is 0. The van der Waals surface area contributed by atoms with Crippen LogP contribution in [0.3, 0.4) is 0 Å². The Labute approximate surface area is 93.5 Å². The third kappa shape index (κ3) is 1.96. The van der Waals surface area contributed by atoms with E-state index >= 15 is 0 Å². The molecule has 80 valence electrons. The SMILES string of the molecule is Cc1nn(Cc2ccsc2)c(C)c1CN. The Morgan fingerprint density at radius 1 is 1.47 bits per heavy atom. The van der Waals surface area contributed by atoms with Gasteiger partial charge in [0.05, 0.1) is 12.2 Å². The van der Waals surface area contributed by atoms with E-state index in [4.69, 9.17) is 5.73 Å². The van der Waals surface area contributed by atoms with E-state index in [1.165, 1.54) is 16.8 Å². The first-order chi connectivity index (χ1) is 7.22. The molecule has 0 aliphatic rings. The minimum atomic E-state index is 0.571. The molecular formula is C11H15N3S. The largest absolute Gasteiger partial charge is 0.326 e. The molecule has 0 saturated carbocycles. The van der Waals surface area contributed by atoms with Crippen LogP contribution in [0.1, 0.15) is 22.5 Å². The van der Waals surface area contributed by atoms with Crippen LogP contribution < -0.4 is 5.73 Å². The van der Waals surface area contributed by atoms with Crippen molar-refractivity contribution in [3.63, 3.8) is 0 Å². The van der Waals surface area contributed by atoms with E-state index in [9.17, 15) is 0 Å². The highest BCUT2D eigenvalue weighted by atomic mass is 32.1. The molecule has 0 unspecified atom stereocenters. The van der Waals surface area contributed by atoms with Crippen LogP contribution in [0.5, 0.6) is 0 Å². The lowest BCUT2D eigenvalue weighted by molar-refractivity contribution is 0.659. The van der Waals surface area contributed by atoms with E-state index in [1.807, 2.05) is 11.6 Å². The van der Waals surface area contributed by atoms with Crippen LogP contribution in [-0.2, 0) is 13.1 Å². The van der Waals surface area contributed by atoms with Gasteiger partial charge in [-0.3, -0.25) is 4.68 Å². The van der Waals surface area contributed by atoms with Crippen LogP contribution in [-0.4, -0.2) is 9.78 Å². The van der Waals surface area contributed by atoms with Gasteiger partial charge in [-0.25, -0.2) is 0 Å². The van der Waals surface area contributed by atoms with Crippen molar-refractivity contribution >= 4 is 11.3 Å². The summed E-state index contributed by atoms with van der Waals surface area (Å²) in [5.41, 5.74) is 10.4. The fraction of sp³-hybridized carbons (Fsp3) is 0.364. The van der Waals surface area contributed by atoms with Gasteiger partial charge in [0.25, 0.3) is 0 Å². The van der Waals surface area contributed by atoms with E-state index in [0.717, 1.165) is 12.2 Å². The summed E-state index contributed by atoms with van der Waals surface area (Å²) in [5, 5.41) is 8.74. The first-order valence-electron chi connectivity index (χ1n) is 4.96. The molecule has 2 heterocycles. The van der Waals surface area contributed by atoms with Crippen molar-refractivity contribution in [3.8, 4) is 0 Å². The van der Waals surface area contributed by atoms with Gasteiger partial charge in [-0.1, -0.05) is 0 Å². The van der Waals surface area contributed by atoms with Gasteiger partial charge in [0, 0.05) is 17.8 Å². The fourth-order valence-electron chi connectivity index (χ4n) is 1.74. The highest BCUT2D eigenvalue weighted by molar-refractivity contribution is 7.07. The van der Waals surface area contributed by atoms with E-state index in [0.29, 0.717) is 6.54 Å². The second kappa shape index (κ2) is 4.16. The van der Waals surface area contributed by atoms with Gasteiger partial charge in [0.2, 0.25) is 0 Å². The summed E-state index contributed by atoms with van der Waals surface area (Å²) in [6, 6.07) is 2.13. The average Bonchev–Trinajstić information content (AvgIpc) is 2.78. The molecule has 0 bridgehead atoms. The Hall–Kier alpha value is -1.13. The molecule has 0 radical (unpaired) electrons. The third-order valence-electron chi connectivity index (χ3n) is 2.65. The molecule has 4 heteroatoms. The predicted molar refractivity (Wildman–Crippen MR) is 63.0 cm³/mol. The maximum atomic E-state index is 5.69. The third-order valence-corrected chi connectivity index (χ3v) is 3.38. The van der Waals surface area contributed by atoms with E-state index < -0.39 is 0 Å². The average molecular weight is 221 g/mol. The Kier molecular flexibility index (Phi) is 2.88. The smallest absolute Gasteiger partial charge is 0.0670 e. The molecular weight excluding hydrogens is 206 g/mol. The molecule has 2 aromatic heterocycles. The lowest BCUT2D eigenvalue weighted by atomic mass is 10.2. The second-order valence-electron chi connectivity index (χ2n) is 3.64. The quantitative estimate of drug-likeness (QED) is 0.862. The lowest BCUT2D eigenvalue weighted by Gasteiger charge is -2.02. The first kappa shape index (κ1) is 10.4.